The molecule has 0 unspecified atom stereocenters. The maximum absolute atomic E-state index is 11.2. The molecule has 0 atom stereocenters. The van der Waals surface area contributed by atoms with Gasteiger partial charge < -0.3 is 9.64 Å². The van der Waals surface area contributed by atoms with Gasteiger partial charge in [-0.15, -0.1) is 0 Å². The van der Waals surface area contributed by atoms with Crippen LogP contribution in [0.25, 0.3) is 0 Å². The average Bonchev–Trinajstić information content (AvgIpc) is 2.57. The normalized spacial score (nSPS) is 10.0. The summed E-state index contributed by atoms with van der Waals surface area (Å²) in [5.74, 6) is 0.575. The molecule has 1 rings (SSSR count). The highest BCUT2D eigenvalue weighted by molar-refractivity contribution is 5.76. The van der Waals surface area contributed by atoms with Gasteiger partial charge >= 0.3 is 0 Å². The van der Waals surface area contributed by atoms with Gasteiger partial charge in [-0.1, -0.05) is 0 Å². The predicted octanol–water partition coefficient (Wildman–Crippen LogP) is -0.591. The second-order valence-electron chi connectivity index (χ2n) is 2.61. The molecule has 13 heavy (non-hydrogen) atoms. The summed E-state index contributed by atoms with van der Waals surface area (Å²) in [7, 11) is 3.17. The summed E-state index contributed by atoms with van der Waals surface area (Å²) in [4.78, 5) is 16.6. The van der Waals surface area contributed by atoms with Crippen molar-refractivity contribution in [1.29, 1.82) is 0 Å². The van der Waals surface area contributed by atoms with Gasteiger partial charge in [-0.05, 0) is 0 Å². The summed E-state index contributed by atoms with van der Waals surface area (Å²) in [6, 6.07) is 0. The highest BCUT2D eigenvalue weighted by Crippen LogP contribution is 1.94. The molecule has 72 valence electrons. The fraction of sp³-hybridized carbons (Fsp3) is 0.571. The lowest BCUT2D eigenvalue weighted by molar-refractivity contribution is -0.134. The molecule has 0 aliphatic carbocycles. The molecule has 1 aromatic rings. The van der Waals surface area contributed by atoms with E-state index in [2.05, 4.69) is 15.2 Å². The number of carbonyl (C=O) groups excluding carboxylic acids is 1. The van der Waals surface area contributed by atoms with E-state index >= 15 is 0 Å². The third-order valence-corrected chi connectivity index (χ3v) is 1.55. The van der Waals surface area contributed by atoms with E-state index in [1.807, 2.05) is 0 Å². The molecule has 0 aliphatic heterocycles. The molecular weight excluding hydrogens is 172 g/mol. The number of methoxy groups -OCH3 is 1. The first-order valence-electron chi connectivity index (χ1n) is 3.81. The molecule has 1 heterocycles. The van der Waals surface area contributed by atoms with Gasteiger partial charge in [-0.2, -0.15) is 5.10 Å². The van der Waals surface area contributed by atoms with Crippen molar-refractivity contribution in [3.63, 3.8) is 0 Å². The number of hydrogen-bond donors (Lipinski definition) is 1. The van der Waals surface area contributed by atoms with E-state index in [9.17, 15) is 4.79 Å². The minimum absolute atomic E-state index is 0.0844. The predicted molar refractivity (Wildman–Crippen MR) is 44.7 cm³/mol. The molecule has 0 bridgehead atoms. The number of H-pyrrole nitrogens is 1. The average molecular weight is 184 g/mol. The Bertz CT molecular complexity index is 259. The fourth-order valence-electron chi connectivity index (χ4n) is 0.853. The third kappa shape index (κ3) is 2.83. The Hall–Kier alpha value is -1.43. The highest BCUT2D eigenvalue weighted by Gasteiger charge is 2.09. The van der Waals surface area contributed by atoms with Crippen LogP contribution in [0, 0.1) is 0 Å². The number of amides is 1. The Labute approximate surface area is 75.9 Å². The van der Waals surface area contributed by atoms with Gasteiger partial charge in [0.1, 0.15) is 18.8 Å². The van der Waals surface area contributed by atoms with Crippen LogP contribution in [0.3, 0.4) is 0 Å². The number of likely N-dealkylation sites (N-methyl/N-ethyl adjacent to an activating group) is 1. The summed E-state index contributed by atoms with van der Waals surface area (Å²) in [6.07, 6.45) is 1.41. The van der Waals surface area contributed by atoms with Crippen molar-refractivity contribution in [2.45, 2.75) is 6.54 Å². The van der Waals surface area contributed by atoms with Crippen LogP contribution in [0.1, 0.15) is 5.82 Å². The number of hydrogen-bond acceptors (Lipinski definition) is 4. The van der Waals surface area contributed by atoms with Crippen LogP contribution in [0.4, 0.5) is 0 Å². The van der Waals surface area contributed by atoms with E-state index in [1.165, 1.54) is 18.3 Å². The first-order chi connectivity index (χ1) is 6.24. The van der Waals surface area contributed by atoms with Gasteiger partial charge in [-0.25, -0.2) is 4.98 Å². The van der Waals surface area contributed by atoms with Gasteiger partial charge in [0.2, 0.25) is 5.91 Å². The molecular formula is C7H12N4O2. The SMILES string of the molecule is COCC(=O)N(C)Cc1ncn[nH]1. The molecule has 0 aliphatic rings. The fourth-order valence-corrected chi connectivity index (χ4v) is 0.853. The van der Waals surface area contributed by atoms with Gasteiger partial charge in [0.15, 0.2) is 0 Å². The molecule has 0 fully saturated rings. The van der Waals surface area contributed by atoms with Crippen LogP contribution in [-0.2, 0) is 16.1 Å². The molecule has 0 radical (unpaired) electrons. The van der Waals surface area contributed by atoms with E-state index < -0.39 is 0 Å². The maximum atomic E-state index is 11.2. The number of aromatic amines is 1. The molecule has 6 nitrogen and oxygen atoms in total. The number of aromatic nitrogens is 3. The second-order valence-corrected chi connectivity index (χ2v) is 2.61. The Balaban J connectivity index is 2.41. The lowest BCUT2D eigenvalue weighted by Gasteiger charge is -2.14. The zero-order chi connectivity index (χ0) is 9.68. The summed E-state index contributed by atoms with van der Waals surface area (Å²) >= 11 is 0. The second kappa shape index (κ2) is 4.56. The molecule has 6 heteroatoms. The molecule has 0 spiro atoms. The molecule has 0 saturated carbocycles. The van der Waals surface area contributed by atoms with Gasteiger partial charge in [0, 0.05) is 14.2 Å². The first-order valence-corrected chi connectivity index (χ1v) is 3.81. The standard InChI is InChI=1S/C7H12N4O2/c1-11(7(12)4-13-2)3-6-8-5-9-10-6/h5H,3-4H2,1-2H3,(H,8,9,10). The van der Waals surface area contributed by atoms with E-state index in [-0.39, 0.29) is 12.5 Å². The van der Waals surface area contributed by atoms with Crippen molar-refractivity contribution < 1.29 is 9.53 Å². The molecule has 1 N–H and O–H groups in total. The van der Waals surface area contributed by atoms with Crippen molar-refractivity contribution in [1.82, 2.24) is 20.1 Å². The Morgan fingerprint density at radius 3 is 3.08 bits per heavy atom. The van der Waals surface area contributed by atoms with E-state index in [0.717, 1.165) is 0 Å². The largest absolute Gasteiger partial charge is 0.375 e. The van der Waals surface area contributed by atoms with Crippen molar-refractivity contribution in [2.75, 3.05) is 20.8 Å². The summed E-state index contributed by atoms with van der Waals surface area (Å²) < 4.78 is 4.71. The summed E-state index contributed by atoms with van der Waals surface area (Å²) in [6.45, 7) is 0.507. The zero-order valence-electron chi connectivity index (χ0n) is 7.65. The number of ether oxygens (including phenoxy) is 1. The van der Waals surface area contributed by atoms with Gasteiger partial charge in [-0.3, -0.25) is 9.89 Å². The van der Waals surface area contributed by atoms with Gasteiger partial charge in [0.05, 0.1) is 6.54 Å². The lowest BCUT2D eigenvalue weighted by atomic mass is 10.5. The van der Waals surface area contributed by atoms with E-state index in [0.29, 0.717) is 12.4 Å². The molecule has 0 saturated heterocycles. The maximum Gasteiger partial charge on any atom is 0.248 e. The van der Waals surface area contributed by atoms with Crippen LogP contribution >= 0.6 is 0 Å². The summed E-state index contributed by atoms with van der Waals surface area (Å²) in [5.41, 5.74) is 0. The Morgan fingerprint density at radius 2 is 2.54 bits per heavy atom. The number of nitrogens with one attached hydrogen (secondary N) is 1. The minimum Gasteiger partial charge on any atom is -0.375 e. The van der Waals surface area contributed by atoms with Crippen molar-refractivity contribution in [3.05, 3.63) is 12.2 Å². The Morgan fingerprint density at radius 1 is 1.77 bits per heavy atom. The molecule has 0 aromatic carbocycles. The van der Waals surface area contributed by atoms with Gasteiger partial charge in [0.25, 0.3) is 0 Å². The van der Waals surface area contributed by atoms with E-state index in [1.54, 1.807) is 7.05 Å². The van der Waals surface area contributed by atoms with Crippen LogP contribution in [0.2, 0.25) is 0 Å². The summed E-state index contributed by atoms with van der Waals surface area (Å²) in [5, 5.41) is 6.34. The van der Waals surface area contributed by atoms with Crippen molar-refractivity contribution >= 4 is 5.91 Å². The third-order valence-electron chi connectivity index (χ3n) is 1.55. The quantitative estimate of drug-likeness (QED) is 0.679. The monoisotopic (exact) mass is 184 g/mol. The minimum atomic E-state index is -0.0844. The zero-order valence-corrected chi connectivity index (χ0v) is 7.65. The number of carbonyl (C=O) groups is 1. The smallest absolute Gasteiger partial charge is 0.248 e. The topological polar surface area (TPSA) is 71.1 Å². The van der Waals surface area contributed by atoms with E-state index in [4.69, 9.17) is 4.74 Å². The van der Waals surface area contributed by atoms with Crippen LogP contribution in [0.15, 0.2) is 6.33 Å². The Kier molecular flexibility index (Phi) is 3.39. The van der Waals surface area contributed by atoms with Crippen LogP contribution < -0.4 is 0 Å². The van der Waals surface area contributed by atoms with Crippen molar-refractivity contribution in [3.8, 4) is 0 Å². The van der Waals surface area contributed by atoms with Crippen molar-refractivity contribution in [2.24, 2.45) is 0 Å². The van der Waals surface area contributed by atoms with Crippen LogP contribution in [-0.4, -0.2) is 46.8 Å². The lowest BCUT2D eigenvalue weighted by Crippen LogP contribution is -2.29. The van der Waals surface area contributed by atoms with Crippen LogP contribution in [0.5, 0.6) is 0 Å². The highest BCUT2D eigenvalue weighted by atomic mass is 16.5. The first kappa shape index (κ1) is 9.66. The molecule has 1 aromatic heterocycles. The molecule has 1 amide bonds. The number of rotatable bonds is 4. The number of nitrogens with zero attached hydrogens (tertiary/aromatic N) is 3.